The number of benzene rings is 2. The van der Waals surface area contributed by atoms with Crippen molar-refractivity contribution in [2.24, 2.45) is 0 Å². The molecule has 0 atom stereocenters. The van der Waals surface area contributed by atoms with E-state index in [0.717, 1.165) is 12.8 Å². The van der Waals surface area contributed by atoms with Crippen molar-refractivity contribution in [1.82, 2.24) is 39.5 Å². The van der Waals surface area contributed by atoms with Gasteiger partial charge in [-0.2, -0.15) is 10.2 Å². The van der Waals surface area contributed by atoms with Gasteiger partial charge in [-0.25, -0.2) is 14.6 Å². The Balaban J connectivity index is 0.000000247. The van der Waals surface area contributed by atoms with Crippen molar-refractivity contribution in [3.05, 3.63) is 79.6 Å². The molecule has 66 heavy (non-hydrogen) atoms. The summed E-state index contributed by atoms with van der Waals surface area (Å²) in [6.45, 7) is 22.0. The molecule has 0 unspecified atom stereocenters. The lowest BCUT2D eigenvalue weighted by atomic mass is 10.1. The maximum Gasteiger partial charge on any atom is 0.328 e. The first kappa shape index (κ1) is 50.0. The van der Waals surface area contributed by atoms with Gasteiger partial charge in [0.2, 0.25) is 0 Å². The third-order valence-corrected chi connectivity index (χ3v) is 9.64. The molecule has 2 aromatic carbocycles. The van der Waals surface area contributed by atoms with Crippen LogP contribution in [0.4, 0.5) is 0 Å². The van der Waals surface area contributed by atoms with Crippen molar-refractivity contribution in [1.29, 1.82) is 0 Å². The Kier molecular flexibility index (Phi) is 15.8. The topological polar surface area (TPSA) is 232 Å². The van der Waals surface area contributed by atoms with Gasteiger partial charge in [0.1, 0.15) is 58.5 Å². The number of fused-ring (bicyclic) bond motifs is 2. The van der Waals surface area contributed by atoms with Gasteiger partial charge in [0.25, 0.3) is 11.1 Å². The first-order valence-corrected chi connectivity index (χ1v) is 22.1. The normalized spacial score (nSPS) is 11.6. The average molecular weight is 909 g/mol. The van der Waals surface area contributed by atoms with Crippen LogP contribution in [0.15, 0.2) is 46.0 Å². The van der Waals surface area contributed by atoms with Crippen LogP contribution in [0.25, 0.3) is 44.8 Å². The number of aromatic amines is 2. The lowest BCUT2D eigenvalue weighted by Crippen LogP contribution is -2.27. The molecule has 0 radical (unpaired) electrons. The third kappa shape index (κ3) is 12.2. The SMILES string of the molecule is CCCOc1ccc(C(C)=O)cc1-c1nc2c(CC)n(CC(=O)OC(C)(C)C)nc2c(=O)[nH]1.CCCOc1ccc(C(C)=O)cc1-c1nc2c(CC)nn(CC(=O)OC(C)(C)C)c2c(=O)[nH]1. The molecule has 4 heterocycles. The quantitative estimate of drug-likeness (QED) is 0.0714. The van der Waals surface area contributed by atoms with Gasteiger partial charge in [-0.3, -0.25) is 33.4 Å². The predicted molar refractivity (Wildman–Crippen MR) is 249 cm³/mol. The molecule has 0 saturated heterocycles. The van der Waals surface area contributed by atoms with Gasteiger partial charge in [-0.15, -0.1) is 0 Å². The summed E-state index contributed by atoms with van der Waals surface area (Å²) in [4.78, 5) is 89.5. The van der Waals surface area contributed by atoms with E-state index in [2.05, 4.69) is 30.1 Å². The Morgan fingerprint density at radius 3 is 1.52 bits per heavy atom. The number of aryl methyl sites for hydroxylation is 2. The fraction of sp³-hybridized carbons (Fsp3) is 0.458. The van der Waals surface area contributed by atoms with E-state index < -0.39 is 34.3 Å². The van der Waals surface area contributed by atoms with E-state index in [1.54, 1.807) is 77.9 Å². The van der Waals surface area contributed by atoms with Crippen molar-refractivity contribution < 1.29 is 38.1 Å². The van der Waals surface area contributed by atoms with Gasteiger partial charge >= 0.3 is 11.9 Å². The zero-order chi connectivity index (χ0) is 48.7. The fourth-order valence-electron chi connectivity index (χ4n) is 6.84. The Morgan fingerprint density at radius 1 is 0.606 bits per heavy atom. The summed E-state index contributed by atoms with van der Waals surface area (Å²) in [5.41, 5.74) is 2.17. The number of hydrogen-bond donors (Lipinski definition) is 2. The van der Waals surface area contributed by atoms with Crippen LogP contribution in [0, 0.1) is 0 Å². The number of aromatic nitrogens is 8. The van der Waals surface area contributed by atoms with Crippen molar-refractivity contribution >= 4 is 45.6 Å². The van der Waals surface area contributed by atoms with Crippen molar-refractivity contribution in [2.45, 2.75) is 133 Å². The van der Waals surface area contributed by atoms with Gasteiger partial charge in [-0.1, -0.05) is 27.7 Å². The fourth-order valence-corrected chi connectivity index (χ4v) is 6.84. The van der Waals surface area contributed by atoms with Crippen LogP contribution < -0.4 is 20.6 Å². The molecule has 0 fully saturated rings. The average Bonchev–Trinajstić information content (AvgIpc) is 3.77. The molecule has 18 heteroatoms. The molecule has 352 valence electrons. The second kappa shape index (κ2) is 20.9. The molecule has 4 aromatic heterocycles. The van der Waals surface area contributed by atoms with Crippen LogP contribution in [0.3, 0.4) is 0 Å². The first-order chi connectivity index (χ1) is 31.1. The summed E-state index contributed by atoms with van der Waals surface area (Å²) in [6.07, 6.45) is 2.62. The van der Waals surface area contributed by atoms with E-state index >= 15 is 0 Å². The summed E-state index contributed by atoms with van der Waals surface area (Å²) in [6, 6.07) is 10.1. The Morgan fingerprint density at radius 2 is 1.08 bits per heavy atom. The first-order valence-electron chi connectivity index (χ1n) is 22.1. The van der Waals surface area contributed by atoms with Crippen molar-refractivity contribution in [2.75, 3.05) is 13.2 Å². The molecule has 0 aliphatic carbocycles. The maximum atomic E-state index is 13.1. The summed E-state index contributed by atoms with van der Waals surface area (Å²) in [5, 5.41) is 8.77. The molecular weight excluding hydrogens is 849 g/mol. The highest BCUT2D eigenvalue weighted by molar-refractivity contribution is 5.96. The molecule has 0 spiro atoms. The minimum atomic E-state index is -0.651. The zero-order valence-corrected chi connectivity index (χ0v) is 39.9. The van der Waals surface area contributed by atoms with Gasteiger partial charge in [0, 0.05) is 11.1 Å². The zero-order valence-electron chi connectivity index (χ0n) is 39.9. The predicted octanol–water partition coefficient (Wildman–Crippen LogP) is 7.36. The van der Waals surface area contributed by atoms with Gasteiger partial charge in [0.15, 0.2) is 22.6 Å². The highest BCUT2D eigenvalue weighted by Crippen LogP contribution is 2.32. The highest BCUT2D eigenvalue weighted by Gasteiger charge is 2.25. The van der Waals surface area contributed by atoms with Crippen molar-refractivity contribution in [3.8, 4) is 34.3 Å². The monoisotopic (exact) mass is 908 g/mol. The standard InChI is InChI=1S/2C24H30N4O5/c1-7-11-32-18-10-9-15(14(3)29)12-16(18)22-25-20-17(8-2)28(27-21(20)23(31)26-22)13-19(30)33-24(4,5)6;1-7-11-32-18-10-9-15(14(3)29)12-16(18)22-25-20-17(8-2)27-28(21(20)23(31)26-22)13-19(30)33-24(4,5)6/h2*9-10,12H,7-8,11,13H2,1-6H3,(H,25,26,31). The van der Waals surface area contributed by atoms with E-state index in [9.17, 15) is 28.8 Å². The summed E-state index contributed by atoms with van der Waals surface area (Å²) >= 11 is 0. The van der Waals surface area contributed by atoms with E-state index in [0.29, 0.717) is 82.2 Å². The molecular formula is C48H60N8O10. The number of H-pyrrole nitrogens is 2. The summed E-state index contributed by atoms with van der Waals surface area (Å²) in [5.74, 6) is 0.407. The largest absolute Gasteiger partial charge is 0.493 e. The number of carbonyl (C=O) groups excluding carboxylic acids is 4. The van der Waals surface area contributed by atoms with E-state index in [-0.39, 0.29) is 47.3 Å². The number of rotatable bonds is 16. The summed E-state index contributed by atoms with van der Waals surface area (Å²) in [7, 11) is 0. The Hall–Kier alpha value is -6.98. The molecule has 6 rings (SSSR count). The molecule has 0 bridgehead atoms. The number of hydrogen-bond acceptors (Lipinski definition) is 14. The van der Waals surface area contributed by atoms with E-state index in [1.807, 2.05) is 27.7 Å². The molecule has 0 amide bonds. The minimum Gasteiger partial charge on any atom is -0.493 e. The maximum absolute atomic E-state index is 13.1. The second-order valence-corrected chi connectivity index (χ2v) is 17.5. The number of ketones is 2. The third-order valence-electron chi connectivity index (χ3n) is 9.64. The van der Waals surface area contributed by atoms with Gasteiger partial charge in [-0.05, 0) is 117 Å². The van der Waals surface area contributed by atoms with Crippen LogP contribution in [-0.4, -0.2) is 87.4 Å². The molecule has 0 aliphatic heterocycles. The number of nitrogens with zero attached hydrogens (tertiary/aromatic N) is 6. The molecule has 18 nitrogen and oxygen atoms in total. The number of carbonyl (C=O) groups is 4. The van der Waals surface area contributed by atoms with Crippen LogP contribution in [0.1, 0.15) is 128 Å². The lowest BCUT2D eigenvalue weighted by Gasteiger charge is -2.19. The van der Waals surface area contributed by atoms with Gasteiger partial charge < -0.3 is 28.9 Å². The minimum absolute atomic E-state index is 0.110. The smallest absolute Gasteiger partial charge is 0.328 e. The van der Waals surface area contributed by atoms with Crippen LogP contribution in [-0.2, 0) is 45.0 Å². The Labute approximate surface area is 382 Å². The second-order valence-electron chi connectivity index (χ2n) is 17.5. The number of nitrogens with one attached hydrogen (secondary N) is 2. The Bertz CT molecular complexity index is 2810. The van der Waals surface area contributed by atoms with Crippen LogP contribution in [0.2, 0.25) is 0 Å². The molecule has 6 aromatic rings. The number of Topliss-reactive ketones (excluding diaryl/α,β-unsaturated/α-hetero) is 2. The van der Waals surface area contributed by atoms with E-state index in [4.69, 9.17) is 18.9 Å². The summed E-state index contributed by atoms with van der Waals surface area (Å²) < 4.78 is 25.2. The van der Waals surface area contributed by atoms with Crippen molar-refractivity contribution in [3.63, 3.8) is 0 Å². The molecule has 2 N–H and O–H groups in total. The van der Waals surface area contributed by atoms with Crippen LogP contribution >= 0.6 is 0 Å². The molecule has 0 aliphatic rings. The number of esters is 2. The van der Waals surface area contributed by atoms with Crippen LogP contribution in [0.5, 0.6) is 11.5 Å². The highest BCUT2D eigenvalue weighted by atomic mass is 16.6. The van der Waals surface area contributed by atoms with Gasteiger partial charge in [0.05, 0.1) is 35.7 Å². The van der Waals surface area contributed by atoms with E-state index in [1.165, 1.54) is 23.2 Å². The molecule has 0 saturated carbocycles. The number of ether oxygens (including phenoxy) is 4. The lowest BCUT2D eigenvalue weighted by molar-refractivity contribution is -0.156.